The van der Waals surface area contributed by atoms with Crippen LogP contribution in [-0.4, -0.2) is 69.7 Å². The van der Waals surface area contributed by atoms with Crippen LogP contribution in [0.5, 0.6) is 0 Å². The number of likely N-dealkylation sites (tertiary alicyclic amines) is 2. The fourth-order valence-corrected chi connectivity index (χ4v) is 5.43. The highest BCUT2D eigenvalue weighted by molar-refractivity contribution is 6.05. The summed E-state index contributed by atoms with van der Waals surface area (Å²) in [7, 11) is 0. The van der Waals surface area contributed by atoms with Crippen molar-refractivity contribution < 1.29 is 14.3 Å². The number of amides is 1. The normalized spacial score (nSPS) is 20.1. The Morgan fingerprint density at radius 2 is 1.85 bits per heavy atom. The summed E-state index contributed by atoms with van der Waals surface area (Å²) in [6.45, 7) is 5.20. The van der Waals surface area contributed by atoms with Crippen molar-refractivity contribution in [2.45, 2.75) is 31.7 Å². The first-order valence-electron chi connectivity index (χ1n) is 11.9. The lowest BCUT2D eigenvalue weighted by Gasteiger charge is -2.33. The van der Waals surface area contributed by atoms with Crippen LogP contribution >= 0.6 is 0 Å². The van der Waals surface area contributed by atoms with Gasteiger partial charge in [0.2, 0.25) is 0 Å². The maximum absolute atomic E-state index is 13.3. The fraction of sp³-hybridized carbons (Fsp3) is 0.462. The highest BCUT2D eigenvalue weighted by Crippen LogP contribution is 2.30. The number of piperidine rings is 1. The van der Waals surface area contributed by atoms with Crippen LogP contribution in [-0.2, 0) is 6.54 Å². The minimum absolute atomic E-state index is 0.0403. The van der Waals surface area contributed by atoms with Gasteiger partial charge in [-0.05, 0) is 74.0 Å². The summed E-state index contributed by atoms with van der Waals surface area (Å²) in [6.07, 6.45) is 4.91. The number of benzene rings is 2. The second-order valence-corrected chi connectivity index (χ2v) is 9.37. The molecule has 1 amide bonds. The lowest BCUT2D eigenvalue weighted by molar-refractivity contribution is 0.0783. The maximum Gasteiger partial charge on any atom is 0.256 e. The average Bonchev–Trinajstić information content (AvgIpc) is 3.47. The van der Waals surface area contributed by atoms with Crippen LogP contribution < -0.4 is 0 Å². The molecule has 0 radical (unpaired) electrons. The molecule has 1 unspecified atom stereocenters. The number of hydrogen-bond donors (Lipinski definition) is 1. The smallest absolute Gasteiger partial charge is 0.256 e. The lowest BCUT2D eigenvalue weighted by Crippen LogP contribution is -2.37. The number of carbonyl (C=O) groups is 1. The number of rotatable bonds is 6. The summed E-state index contributed by atoms with van der Waals surface area (Å²) in [5.41, 5.74) is 3.48. The molecule has 0 aliphatic carbocycles. The topological polar surface area (TPSA) is 61.6 Å². The first kappa shape index (κ1) is 22.0. The van der Waals surface area contributed by atoms with Gasteiger partial charge < -0.3 is 19.5 Å². The standard InChI is InChI=1S/C26H31FN4O2/c27-22-6-4-20(5-7-22)21-9-11-29(12-10-21)16-19-8-13-30(17-19)26(33)23-2-1-3-24-25(23)28-18-31(24)14-15-32/h1-7,18-19,21,32H,8-17H2. The molecule has 2 aliphatic rings. The molecule has 2 saturated heterocycles. The van der Waals surface area contributed by atoms with Crippen LogP contribution in [0, 0.1) is 11.7 Å². The summed E-state index contributed by atoms with van der Waals surface area (Å²) >= 11 is 0. The Balaban J connectivity index is 1.17. The van der Waals surface area contributed by atoms with Crippen LogP contribution in [0.15, 0.2) is 48.8 Å². The highest BCUT2D eigenvalue weighted by Gasteiger charge is 2.30. The van der Waals surface area contributed by atoms with E-state index in [2.05, 4.69) is 9.88 Å². The van der Waals surface area contributed by atoms with Crippen molar-refractivity contribution in [2.24, 2.45) is 5.92 Å². The Hall–Kier alpha value is -2.77. The number of aliphatic hydroxyl groups excluding tert-OH is 1. The Labute approximate surface area is 193 Å². The molecule has 2 aliphatic heterocycles. The minimum atomic E-state index is -0.175. The zero-order chi connectivity index (χ0) is 22.8. The second kappa shape index (κ2) is 9.61. The van der Waals surface area contributed by atoms with Crippen LogP contribution in [0.1, 0.15) is 41.1 Å². The highest BCUT2D eigenvalue weighted by atomic mass is 19.1. The van der Waals surface area contributed by atoms with Crippen molar-refractivity contribution in [1.82, 2.24) is 19.4 Å². The van der Waals surface area contributed by atoms with E-state index in [1.165, 1.54) is 5.56 Å². The molecule has 2 aromatic carbocycles. The zero-order valence-corrected chi connectivity index (χ0v) is 18.9. The molecule has 1 N–H and O–H groups in total. The monoisotopic (exact) mass is 450 g/mol. The number of hydrogen-bond acceptors (Lipinski definition) is 4. The molecule has 3 heterocycles. The van der Waals surface area contributed by atoms with Crippen LogP contribution in [0.2, 0.25) is 0 Å². The van der Waals surface area contributed by atoms with Crippen molar-refractivity contribution in [3.05, 3.63) is 65.7 Å². The predicted molar refractivity (Wildman–Crippen MR) is 126 cm³/mol. The van der Waals surface area contributed by atoms with Gasteiger partial charge in [0, 0.05) is 26.2 Å². The van der Waals surface area contributed by atoms with Crippen LogP contribution in [0.4, 0.5) is 4.39 Å². The molecular weight excluding hydrogens is 419 g/mol. The largest absolute Gasteiger partial charge is 0.395 e. The van der Waals surface area contributed by atoms with E-state index in [-0.39, 0.29) is 18.3 Å². The van der Waals surface area contributed by atoms with E-state index >= 15 is 0 Å². The SMILES string of the molecule is O=C(c1cccc2c1ncn2CCO)N1CCC(CN2CCC(c3ccc(F)cc3)CC2)C1. The van der Waals surface area contributed by atoms with E-state index in [1.807, 2.05) is 39.8 Å². The van der Waals surface area contributed by atoms with Gasteiger partial charge >= 0.3 is 0 Å². The molecule has 1 aromatic heterocycles. The quantitative estimate of drug-likeness (QED) is 0.624. The Morgan fingerprint density at radius 3 is 2.61 bits per heavy atom. The van der Waals surface area contributed by atoms with E-state index in [1.54, 1.807) is 18.5 Å². The van der Waals surface area contributed by atoms with Crippen molar-refractivity contribution in [1.29, 1.82) is 0 Å². The van der Waals surface area contributed by atoms with Gasteiger partial charge in [-0.1, -0.05) is 18.2 Å². The van der Waals surface area contributed by atoms with E-state index in [4.69, 9.17) is 0 Å². The van der Waals surface area contributed by atoms with Gasteiger partial charge in [0.1, 0.15) is 11.3 Å². The first-order chi connectivity index (χ1) is 16.1. The number of fused-ring (bicyclic) bond motifs is 1. The lowest BCUT2D eigenvalue weighted by atomic mass is 9.89. The van der Waals surface area contributed by atoms with Gasteiger partial charge in [0.25, 0.3) is 5.91 Å². The van der Waals surface area contributed by atoms with Crippen molar-refractivity contribution in [2.75, 3.05) is 39.3 Å². The third kappa shape index (κ3) is 4.66. The molecule has 174 valence electrons. The molecule has 7 heteroatoms. The third-order valence-electron chi connectivity index (χ3n) is 7.24. The number of carbonyl (C=O) groups excluding carboxylic acids is 1. The second-order valence-electron chi connectivity index (χ2n) is 9.37. The summed E-state index contributed by atoms with van der Waals surface area (Å²) in [5, 5.41) is 9.25. The molecular formula is C26H31FN4O2. The number of para-hydroxylation sites is 1. The van der Waals surface area contributed by atoms with Crippen LogP contribution in [0.3, 0.4) is 0 Å². The molecule has 0 saturated carbocycles. The zero-order valence-electron chi connectivity index (χ0n) is 18.9. The maximum atomic E-state index is 13.3. The van der Waals surface area contributed by atoms with Crippen molar-refractivity contribution in [3.63, 3.8) is 0 Å². The predicted octanol–water partition coefficient (Wildman–Crippen LogP) is 3.51. The summed E-state index contributed by atoms with van der Waals surface area (Å²) in [4.78, 5) is 22.2. The molecule has 6 nitrogen and oxygen atoms in total. The van der Waals surface area contributed by atoms with Gasteiger partial charge in [-0.15, -0.1) is 0 Å². The Bertz CT molecular complexity index is 1110. The Kier molecular flexibility index (Phi) is 6.42. The number of imidazole rings is 1. The molecule has 2 fully saturated rings. The van der Waals surface area contributed by atoms with E-state index < -0.39 is 0 Å². The summed E-state index contributed by atoms with van der Waals surface area (Å²) in [5.74, 6) is 0.871. The Morgan fingerprint density at radius 1 is 1.06 bits per heavy atom. The molecule has 5 rings (SSSR count). The van der Waals surface area contributed by atoms with Gasteiger partial charge in [-0.2, -0.15) is 0 Å². The summed E-state index contributed by atoms with van der Waals surface area (Å²) < 4.78 is 15.1. The number of halogens is 1. The minimum Gasteiger partial charge on any atom is -0.395 e. The summed E-state index contributed by atoms with van der Waals surface area (Å²) in [6, 6.07) is 12.6. The van der Waals surface area contributed by atoms with Crippen molar-refractivity contribution in [3.8, 4) is 0 Å². The van der Waals surface area contributed by atoms with Crippen LogP contribution in [0.25, 0.3) is 11.0 Å². The molecule has 33 heavy (non-hydrogen) atoms. The number of aliphatic hydroxyl groups is 1. The molecule has 0 spiro atoms. The van der Waals surface area contributed by atoms with Gasteiger partial charge in [0.05, 0.1) is 24.0 Å². The van der Waals surface area contributed by atoms with Gasteiger partial charge in [0.15, 0.2) is 0 Å². The van der Waals surface area contributed by atoms with Gasteiger partial charge in [-0.3, -0.25) is 4.79 Å². The molecule has 3 aromatic rings. The van der Waals surface area contributed by atoms with E-state index in [0.29, 0.717) is 29.5 Å². The van der Waals surface area contributed by atoms with E-state index in [0.717, 1.165) is 57.5 Å². The molecule has 1 atom stereocenters. The molecule has 0 bridgehead atoms. The third-order valence-corrected chi connectivity index (χ3v) is 7.24. The number of nitrogens with zero attached hydrogens (tertiary/aromatic N) is 4. The van der Waals surface area contributed by atoms with E-state index in [9.17, 15) is 14.3 Å². The average molecular weight is 451 g/mol. The van der Waals surface area contributed by atoms with Gasteiger partial charge in [-0.25, -0.2) is 9.37 Å². The fourth-order valence-electron chi connectivity index (χ4n) is 5.43. The van der Waals surface area contributed by atoms with Crippen molar-refractivity contribution >= 4 is 16.9 Å². The number of aromatic nitrogens is 2. The first-order valence-corrected chi connectivity index (χ1v) is 11.9.